The summed E-state index contributed by atoms with van der Waals surface area (Å²) in [5, 5.41) is 0. The molecule has 0 saturated heterocycles. The second-order valence-electron chi connectivity index (χ2n) is 3.87. The molecule has 1 aromatic carbocycles. The molecule has 0 radical (unpaired) electrons. The van der Waals surface area contributed by atoms with E-state index in [1.54, 1.807) is 17.0 Å². The third-order valence-corrected chi connectivity index (χ3v) is 3.09. The van der Waals surface area contributed by atoms with Gasteiger partial charge in [0, 0.05) is 11.4 Å². The van der Waals surface area contributed by atoms with E-state index in [9.17, 15) is 9.59 Å². The highest BCUT2D eigenvalue weighted by Crippen LogP contribution is 2.28. The van der Waals surface area contributed by atoms with Gasteiger partial charge in [-0.25, -0.2) is 0 Å². The number of hydrogen-bond acceptors (Lipinski definition) is 2. The number of Topliss-reactive ketones (excluding diaryl/α,β-unsaturated/α-hetero) is 1. The summed E-state index contributed by atoms with van der Waals surface area (Å²) in [6, 6.07) is 7.14. The normalized spacial score (nSPS) is 16.5. The predicted molar refractivity (Wildman–Crippen MR) is 66.1 cm³/mol. The quantitative estimate of drug-likeness (QED) is 0.630. The Bertz CT molecular complexity index is 442. The number of benzene rings is 1. The zero-order valence-electron chi connectivity index (χ0n) is 8.94. The molecule has 1 amide bonds. The number of carbonyl (C=O) groups is 2. The van der Waals surface area contributed by atoms with E-state index in [1.807, 2.05) is 19.1 Å². The lowest BCUT2D eigenvalue weighted by molar-refractivity contribution is -0.114. The van der Waals surface area contributed by atoms with E-state index in [1.165, 1.54) is 0 Å². The van der Waals surface area contributed by atoms with Crippen molar-refractivity contribution in [1.82, 2.24) is 0 Å². The molecule has 3 nitrogen and oxygen atoms in total. The van der Waals surface area contributed by atoms with Gasteiger partial charge in [0.05, 0.1) is 11.3 Å². The van der Waals surface area contributed by atoms with E-state index in [2.05, 4.69) is 15.9 Å². The van der Waals surface area contributed by atoms with Gasteiger partial charge >= 0.3 is 0 Å². The van der Waals surface area contributed by atoms with Gasteiger partial charge in [-0.15, -0.1) is 0 Å². The van der Waals surface area contributed by atoms with Crippen molar-refractivity contribution >= 4 is 33.3 Å². The third kappa shape index (κ3) is 1.89. The van der Waals surface area contributed by atoms with E-state index in [0.717, 1.165) is 12.1 Å². The van der Waals surface area contributed by atoms with Gasteiger partial charge in [-0.1, -0.05) is 35.0 Å². The van der Waals surface area contributed by atoms with Crippen LogP contribution in [0, 0.1) is 0 Å². The molecule has 1 aliphatic rings. The van der Waals surface area contributed by atoms with Crippen molar-refractivity contribution in [3.63, 3.8) is 0 Å². The van der Waals surface area contributed by atoms with E-state index in [4.69, 9.17) is 0 Å². The van der Waals surface area contributed by atoms with Gasteiger partial charge in [0.15, 0.2) is 0 Å². The molecule has 1 aliphatic heterocycles. The van der Waals surface area contributed by atoms with Gasteiger partial charge in [0.1, 0.15) is 0 Å². The lowest BCUT2D eigenvalue weighted by Crippen LogP contribution is -2.31. The molecule has 0 saturated carbocycles. The Kier molecular flexibility index (Phi) is 3.10. The van der Waals surface area contributed by atoms with Crippen LogP contribution in [0.5, 0.6) is 0 Å². The molecule has 0 bridgehead atoms. The first-order valence-corrected chi connectivity index (χ1v) is 6.12. The van der Waals surface area contributed by atoms with Gasteiger partial charge in [-0.3, -0.25) is 9.59 Å². The van der Waals surface area contributed by atoms with Crippen molar-refractivity contribution < 1.29 is 9.59 Å². The number of carbonyl (C=O) groups excluding carboxylic acids is 2. The molecular weight excluding hydrogens is 270 g/mol. The van der Waals surface area contributed by atoms with Crippen LogP contribution in [0.4, 0.5) is 5.69 Å². The number of para-hydroxylation sites is 1. The van der Waals surface area contributed by atoms with E-state index in [-0.39, 0.29) is 0 Å². The van der Waals surface area contributed by atoms with Gasteiger partial charge in [0.25, 0.3) is 11.7 Å². The zero-order chi connectivity index (χ0) is 11.7. The Morgan fingerprint density at radius 2 is 2.00 bits per heavy atom. The Hall–Kier alpha value is -1.16. The molecule has 0 fully saturated rings. The van der Waals surface area contributed by atoms with Crippen LogP contribution in [0.25, 0.3) is 0 Å². The first kappa shape index (κ1) is 11.3. The molecule has 2 rings (SSSR count). The minimum Gasteiger partial charge on any atom is -0.305 e. The minimum atomic E-state index is -0.408. The van der Waals surface area contributed by atoms with Crippen molar-refractivity contribution in [2.45, 2.75) is 18.2 Å². The summed E-state index contributed by atoms with van der Waals surface area (Å²) in [6.07, 6.45) is 0.827. The highest BCUT2D eigenvalue weighted by molar-refractivity contribution is 9.09. The first-order valence-electron chi connectivity index (χ1n) is 5.20. The number of nitrogens with zero attached hydrogens (tertiary/aromatic N) is 1. The lowest BCUT2D eigenvalue weighted by atomic mass is 10.1. The summed E-state index contributed by atoms with van der Waals surface area (Å²) in [6.45, 7) is 2.60. The van der Waals surface area contributed by atoms with Crippen molar-refractivity contribution in [3.05, 3.63) is 29.8 Å². The fraction of sp³-hybridized carbons (Fsp3) is 0.333. The summed E-state index contributed by atoms with van der Waals surface area (Å²) >= 11 is 3.43. The molecule has 0 spiro atoms. The Morgan fingerprint density at radius 3 is 2.69 bits per heavy atom. The fourth-order valence-electron chi connectivity index (χ4n) is 1.78. The molecule has 1 unspecified atom stereocenters. The smallest absolute Gasteiger partial charge is 0.299 e. The minimum absolute atomic E-state index is 0.336. The zero-order valence-corrected chi connectivity index (χ0v) is 10.5. The van der Waals surface area contributed by atoms with Gasteiger partial charge in [-0.05, 0) is 18.6 Å². The average Bonchev–Trinajstić information content (AvgIpc) is 2.50. The fourth-order valence-corrected chi connectivity index (χ4v) is 1.98. The van der Waals surface area contributed by atoms with Crippen LogP contribution >= 0.6 is 15.9 Å². The van der Waals surface area contributed by atoms with E-state index in [0.29, 0.717) is 16.9 Å². The topological polar surface area (TPSA) is 37.4 Å². The predicted octanol–water partition coefficient (Wildman–Crippen LogP) is 2.39. The summed E-state index contributed by atoms with van der Waals surface area (Å²) in [4.78, 5) is 25.3. The molecule has 84 valence electrons. The molecule has 1 heterocycles. The van der Waals surface area contributed by atoms with Crippen LogP contribution in [0.15, 0.2) is 24.3 Å². The Labute approximate surface area is 103 Å². The van der Waals surface area contributed by atoms with Gasteiger partial charge in [0.2, 0.25) is 0 Å². The van der Waals surface area contributed by atoms with Crippen molar-refractivity contribution in [3.8, 4) is 0 Å². The molecule has 0 N–H and O–H groups in total. The van der Waals surface area contributed by atoms with Crippen LogP contribution in [-0.2, 0) is 4.79 Å². The van der Waals surface area contributed by atoms with Crippen LogP contribution in [0.2, 0.25) is 0 Å². The molecule has 0 aliphatic carbocycles. The maximum Gasteiger partial charge on any atom is 0.299 e. The number of halogens is 1. The van der Waals surface area contributed by atoms with Crippen LogP contribution in [0.3, 0.4) is 0 Å². The summed E-state index contributed by atoms with van der Waals surface area (Å²) in [7, 11) is 0. The third-order valence-electron chi connectivity index (χ3n) is 2.63. The van der Waals surface area contributed by atoms with Gasteiger partial charge < -0.3 is 4.90 Å². The molecule has 1 aromatic rings. The number of rotatable bonds is 3. The average molecular weight is 282 g/mol. The number of fused-ring (bicyclic) bond motifs is 1. The van der Waals surface area contributed by atoms with E-state index >= 15 is 0 Å². The summed E-state index contributed by atoms with van der Waals surface area (Å²) < 4.78 is 0. The molecular formula is C12H12BrNO2. The van der Waals surface area contributed by atoms with Gasteiger partial charge in [-0.2, -0.15) is 0 Å². The number of anilines is 1. The molecule has 16 heavy (non-hydrogen) atoms. The standard InChI is InChI=1S/C12H12BrNO2/c1-8(13)6-7-14-10-5-3-2-4-9(10)11(15)12(14)16/h2-5,8H,6-7H2,1H3. The number of hydrogen-bond donors (Lipinski definition) is 0. The second kappa shape index (κ2) is 4.37. The van der Waals surface area contributed by atoms with Crippen LogP contribution < -0.4 is 4.90 Å². The first-order chi connectivity index (χ1) is 7.61. The monoisotopic (exact) mass is 281 g/mol. The lowest BCUT2D eigenvalue weighted by Gasteiger charge is -2.16. The van der Waals surface area contributed by atoms with Crippen molar-refractivity contribution in [1.29, 1.82) is 0 Å². The number of alkyl halides is 1. The van der Waals surface area contributed by atoms with Crippen LogP contribution in [0.1, 0.15) is 23.7 Å². The maximum absolute atomic E-state index is 11.7. The molecule has 1 atom stereocenters. The van der Waals surface area contributed by atoms with E-state index < -0.39 is 11.7 Å². The number of amides is 1. The second-order valence-corrected chi connectivity index (χ2v) is 5.44. The molecule has 0 aromatic heterocycles. The summed E-state index contributed by atoms with van der Waals surface area (Å²) in [5.41, 5.74) is 1.26. The Morgan fingerprint density at radius 1 is 1.31 bits per heavy atom. The van der Waals surface area contributed by atoms with Crippen molar-refractivity contribution in [2.24, 2.45) is 0 Å². The SMILES string of the molecule is CC(Br)CCN1C(=O)C(=O)c2ccccc21. The summed E-state index contributed by atoms with van der Waals surface area (Å²) in [5.74, 6) is -0.799. The Balaban J connectivity index is 2.27. The maximum atomic E-state index is 11.7. The van der Waals surface area contributed by atoms with Crippen molar-refractivity contribution in [2.75, 3.05) is 11.4 Å². The molecule has 4 heteroatoms. The largest absolute Gasteiger partial charge is 0.305 e. The highest BCUT2D eigenvalue weighted by Gasteiger charge is 2.34. The highest BCUT2D eigenvalue weighted by atomic mass is 79.9. The van der Waals surface area contributed by atoms with Crippen LogP contribution in [-0.4, -0.2) is 23.1 Å². The number of ketones is 1.